The van der Waals surface area contributed by atoms with Crippen LogP contribution >= 0.6 is 0 Å². The molecule has 4 aliphatic rings. The predicted octanol–water partition coefficient (Wildman–Crippen LogP) is 1.75. The van der Waals surface area contributed by atoms with Gasteiger partial charge in [0, 0.05) is 26.1 Å². The van der Waals surface area contributed by atoms with E-state index < -0.39 is 90.1 Å². The van der Waals surface area contributed by atoms with Crippen LogP contribution in [0.25, 0.3) is 0 Å². The number of hydrogen-bond acceptors (Lipinski definition) is 8. The van der Waals surface area contributed by atoms with Crippen molar-refractivity contribution < 1.29 is 42.7 Å². The lowest BCUT2D eigenvalue weighted by atomic mass is 9.91. The van der Waals surface area contributed by atoms with Crippen LogP contribution in [-0.2, 0) is 44.7 Å². The summed E-state index contributed by atoms with van der Waals surface area (Å²) in [4.78, 5) is 101. The van der Waals surface area contributed by atoms with Gasteiger partial charge in [-0.25, -0.2) is 9.18 Å². The van der Waals surface area contributed by atoms with Crippen molar-refractivity contribution in [3.05, 3.63) is 47.8 Å². The molecule has 5 rings (SSSR count). The lowest BCUT2D eigenvalue weighted by Crippen LogP contribution is -2.62. The Labute approximate surface area is 315 Å². The Morgan fingerprint density at radius 3 is 2.37 bits per heavy atom. The van der Waals surface area contributed by atoms with E-state index in [4.69, 9.17) is 4.74 Å². The fraction of sp³-hybridized carbons (Fsp3) is 0.615. The summed E-state index contributed by atoms with van der Waals surface area (Å²) in [6, 6.07) is -0.884. The Morgan fingerprint density at radius 1 is 0.944 bits per heavy atom. The third-order valence-electron chi connectivity index (χ3n) is 10.8. The van der Waals surface area contributed by atoms with Crippen LogP contribution in [0.4, 0.5) is 4.39 Å². The fourth-order valence-electron chi connectivity index (χ4n) is 7.78. The van der Waals surface area contributed by atoms with Gasteiger partial charge in [0.2, 0.25) is 35.4 Å². The Hall–Kier alpha value is -4.82. The first-order chi connectivity index (χ1) is 25.9. The van der Waals surface area contributed by atoms with Crippen molar-refractivity contribution in [2.24, 2.45) is 5.92 Å². The second-order valence-corrected chi connectivity index (χ2v) is 14.9. The summed E-state index contributed by atoms with van der Waals surface area (Å²) >= 11 is 0. The predicted molar refractivity (Wildman–Crippen MR) is 195 cm³/mol. The molecule has 0 aliphatic carbocycles. The number of hydrogen-bond donors (Lipinski definition) is 3. The number of carbonyl (C=O) groups excluding carboxylic acids is 7. The third-order valence-corrected chi connectivity index (χ3v) is 10.8. The summed E-state index contributed by atoms with van der Waals surface area (Å²) in [5, 5.41) is 8.12. The molecule has 6 amide bonds. The standard InChI is InChI=1S/C39H53FN6O8/c1-4-5-6-7-15-33(47)42-28(22-26-11-8-12-27(40)21-26)34(48)43-29-23-54-39(53)31-14-10-18-45(31)36(50)25(3)41-35(49)32-20-24(2)16-19-46(32)38(52)30-13-9-17-44(30)37(29)51/h7-8,11-12,15,21,24-25,28-32H,4-6,9-10,13-14,16-20,22-23H2,1-3H3,(H,41,49)(H,42,47)(H,43,48)/t24?,25-,28-,29-,30-,31-,32+/m0/s1. The average Bonchev–Trinajstić information content (AvgIpc) is 3.84. The van der Waals surface area contributed by atoms with Crippen molar-refractivity contribution in [3.63, 3.8) is 0 Å². The number of carbonyl (C=O) groups is 7. The van der Waals surface area contributed by atoms with Gasteiger partial charge in [0.1, 0.15) is 48.7 Å². The number of fused-ring (bicyclic) bond motifs is 3. The lowest BCUT2D eigenvalue weighted by molar-refractivity contribution is -0.158. The largest absolute Gasteiger partial charge is 0.461 e. The van der Waals surface area contributed by atoms with E-state index in [1.165, 1.54) is 39.0 Å². The number of piperidine rings is 1. The van der Waals surface area contributed by atoms with Crippen molar-refractivity contribution in [1.82, 2.24) is 30.7 Å². The molecule has 0 saturated carbocycles. The zero-order chi connectivity index (χ0) is 38.9. The van der Waals surface area contributed by atoms with Crippen LogP contribution < -0.4 is 16.0 Å². The first-order valence-electron chi connectivity index (χ1n) is 19.3. The summed E-state index contributed by atoms with van der Waals surface area (Å²) in [5.74, 6) is -4.55. The minimum Gasteiger partial charge on any atom is -0.461 e. The van der Waals surface area contributed by atoms with Gasteiger partial charge in [-0.1, -0.05) is 44.9 Å². The molecular weight excluding hydrogens is 699 g/mol. The number of cyclic esters (lactones) is 1. The van der Waals surface area contributed by atoms with Gasteiger partial charge < -0.3 is 35.4 Å². The molecule has 0 bridgehead atoms. The second kappa shape index (κ2) is 18.5. The molecule has 14 nitrogen and oxygen atoms in total. The summed E-state index contributed by atoms with van der Waals surface area (Å²) < 4.78 is 19.8. The smallest absolute Gasteiger partial charge is 0.328 e. The molecule has 4 fully saturated rings. The van der Waals surface area contributed by atoms with E-state index in [0.717, 1.165) is 12.8 Å². The number of unbranched alkanes of at least 4 members (excludes halogenated alkanes) is 2. The number of nitrogens with zero attached hydrogens (tertiary/aromatic N) is 3. The number of benzene rings is 1. The molecule has 7 atom stereocenters. The summed E-state index contributed by atoms with van der Waals surface area (Å²) in [6.45, 7) is 5.69. The second-order valence-electron chi connectivity index (χ2n) is 14.9. The average molecular weight is 753 g/mol. The van der Waals surface area contributed by atoms with E-state index in [1.807, 2.05) is 13.8 Å². The summed E-state index contributed by atoms with van der Waals surface area (Å²) in [7, 11) is 0. The van der Waals surface area contributed by atoms with E-state index in [0.29, 0.717) is 57.1 Å². The van der Waals surface area contributed by atoms with E-state index >= 15 is 0 Å². The van der Waals surface area contributed by atoms with Crippen LogP contribution in [0, 0.1) is 11.7 Å². The fourth-order valence-corrected chi connectivity index (χ4v) is 7.78. The number of nitrogens with one attached hydrogen (secondary N) is 3. The molecule has 294 valence electrons. The number of rotatable bonds is 9. The van der Waals surface area contributed by atoms with Crippen LogP contribution in [0.2, 0.25) is 0 Å². The van der Waals surface area contributed by atoms with Gasteiger partial charge in [0.25, 0.3) is 0 Å². The quantitative estimate of drug-likeness (QED) is 0.194. The van der Waals surface area contributed by atoms with Crippen molar-refractivity contribution in [3.8, 4) is 0 Å². The molecular formula is C39H53FN6O8. The molecule has 0 radical (unpaired) electrons. The molecule has 4 saturated heterocycles. The van der Waals surface area contributed by atoms with Crippen molar-refractivity contribution >= 4 is 41.4 Å². The molecule has 4 aliphatic heterocycles. The number of amides is 6. The van der Waals surface area contributed by atoms with Crippen molar-refractivity contribution in [2.45, 2.75) is 121 Å². The van der Waals surface area contributed by atoms with Crippen LogP contribution in [0.5, 0.6) is 0 Å². The summed E-state index contributed by atoms with van der Waals surface area (Å²) in [6.07, 6.45) is 8.02. The van der Waals surface area contributed by atoms with Gasteiger partial charge in [-0.15, -0.1) is 0 Å². The minimum atomic E-state index is -1.47. The highest BCUT2D eigenvalue weighted by Crippen LogP contribution is 2.28. The Morgan fingerprint density at radius 2 is 1.65 bits per heavy atom. The molecule has 0 spiro atoms. The topological polar surface area (TPSA) is 175 Å². The summed E-state index contributed by atoms with van der Waals surface area (Å²) in [5.41, 5.74) is 0.418. The molecule has 15 heteroatoms. The Bertz CT molecular complexity index is 1620. The molecule has 3 N–H and O–H groups in total. The highest BCUT2D eigenvalue weighted by atomic mass is 19.1. The Balaban J connectivity index is 1.45. The van der Waals surface area contributed by atoms with Gasteiger partial charge in [0.15, 0.2) is 0 Å². The van der Waals surface area contributed by atoms with Crippen molar-refractivity contribution in [2.75, 3.05) is 26.2 Å². The highest BCUT2D eigenvalue weighted by molar-refractivity contribution is 5.98. The van der Waals surface area contributed by atoms with E-state index in [2.05, 4.69) is 16.0 Å². The SMILES string of the molecule is CCCCC=CC(=O)N[C@@H](Cc1cccc(F)c1)C(=O)N[C@H]1COC(=O)[C@@H]2CCCN2C(=O)[C@H](C)NC(=O)[C@H]2CC(C)CCN2C(=O)[C@@H]2CCCN2C1=O. The van der Waals surface area contributed by atoms with Crippen LogP contribution in [0.3, 0.4) is 0 Å². The van der Waals surface area contributed by atoms with E-state index in [1.54, 1.807) is 19.1 Å². The molecule has 1 aromatic rings. The Kier molecular flexibility index (Phi) is 13.8. The number of halogens is 1. The zero-order valence-corrected chi connectivity index (χ0v) is 31.4. The molecule has 1 unspecified atom stereocenters. The van der Waals surface area contributed by atoms with Crippen LogP contribution in [0.1, 0.15) is 84.1 Å². The maximum absolute atomic E-state index is 14.4. The number of esters is 1. The number of ether oxygens (including phenoxy) is 1. The van der Waals surface area contributed by atoms with E-state index in [9.17, 15) is 38.0 Å². The minimum absolute atomic E-state index is 0.113. The zero-order valence-electron chi connectivity index (χ0n) is 31.4. The van der Waals surface area contributed by atoms with E-state index in [-0.39, 0.29) is 25.4 Å². The van der Waals surface area contributed by atoms with Crippen molar-refractivity contribution in [1.29, 1.82) is 0 Å². The molecule has 54 heavy (non-hydrogen) atoms. The maximum Gasteiger partial charge on any atom is 0.328 e. The first-order valence-corrected chi connectivity index (χ1v) is 19.3. The molecule has 1 aromatic carbocycles. The number of allylic oxidation sites excluding steroid dienone is 1. The lowest BCUT2D eigenvalue weighted by Gasteiger charge is -2.41. The normalized spacial score (nSPS) is 27.6. The van der Waals surface area contributed by atoms with Gasteiger partial charge >= 0.3 is 5.97 Å². The third kappa shape index (κ3) is 9.83. The van der Waals surface area contributed by atoms with Gasteiger partial charge in [0.05, 0.1) is 0 Å². The monoisotopic (exact) mass is 752 g/mol. The maximum atomic E-state index is 14.4. The molecule has 0 aromatic heterocycles. The molecule has 4 heterocycles. The van der Waals surface area contributed by atoms with Gasteiger partial charge in [-0.3, -0.25) is 28.8 Å². The van der Waals surface area contributed by atoms with Gasteiger partial charge in [-0.05, 0) is 81.6 Å². The van der Waals surface area contributed by atoms with Crippen LogP contribution in [-0.4, -0.2) is 119 Å². The van der Waals surface area contributed by atoms with Crippen LogP contribution in [0.15, 0.2) is 36.4 Å². The highest BCUT2D eigenvalue weighted by Gasteiger charge is 2.46. The first kappa shape index (κ1) is 40.4. The van der Waals surface area contributed by atoms with Gasteiger partial charge in [-0.2, -0.15) is 0 Å².